The Bertz CT molecular complexity index is 439. The first-order chi connectivity index (χ1) is 8.73. The molecule has 1 aromatic heterocycles. The Morgan fingerprint density at radius 2 is 1.89 bits per heavy atom. The van der Waals surface area contributed by atoms with Gasteiger partial charge in [0.15, 0.2) is 5.60 Å². The van der Waals surface area contributed by atoms with Gasteiger partial charge in [0, 0.05) is 20.0 Å². The lowest BCUT2D eigenvalue weighted by molar-refractivity contribution is -0.273. The molecule has 0 bridgehead atoms. The minimum atomic E-state index is -4.58. The van der Waals surface area contributed by atoms with E-state index >= 15 is 0 Å². The number of aromatic nitrogens is 2. The van der Waals surface area contributed by atoms with Crippen molar-refractivity contribution in [3.63, 3.8) is 0 Å². The molecule has 108 valence electrons. The van der Waals surface area contributed by atoms with Crippen LogP contribution in [0.25, 0.3) is 0 Å². The summed E-state index contributed by atoms with van der Waals surface area (Å²) in [6.07, 6.45) is -5.26. The predicted octanol–water partition coefficient (Wildman–Crippen LogP) is 1.83. The summed E-state index contributed by atoms with van der Waals surface area (Å²) in [6, 6.07) is -0.251. The Kier molecular flexibility index (Phi) is 3.57. The van der Waals surface area contributed by atoms with Crippen molar-refractivity contribution in [2.24, 2.45) is 0 Å². The zero-order valence-corrected chi connectivity index (χ0v) is 10.7. The van der Waals surface area contributed by atoms with E-state index in [2.05, 4.69) is 10.2 Å². The summed E-state index contributed by atoms with van der Waals surface area (Å²) >= 11 is 0. The van der Waals surface area contributed by atoms with Crippen LogP contribution in [-0.4, -0.2) is 45.1 Å². The molecule has 1 N–H and O–H groups in total. The molecule has 1 unspecified atom stereocenters. The Hall–Kier alpha value is -1.15. The summed E-state index contributed by atoms with van der Waals surface area (Å²) < 4.78 is 43.3. The van der Waals surface area contributed by atoms with Gasteiger partial charge in [0.2, 0.25) is 11.8 Å². The zero-order chi connectivity index (χ0) is 14.3. The van der Waals surface area contributed by atoms with E-state index < -0.39 is 11.8 Å². The van der Waals surface area contributed by atoms with Gasteiger partial charge in [-0.05, 0) is 19.8 Å². The van der Waals surface area contributed by atoms with Crippen molar-refractivity contribution in [1.29, 1.82) is 0 Å². The Labute approximate surface area is 108 Å². The first-order valence-corrected chi connectivity index (χ1v) is 6.06. The molecule has 0 saturated carbocycles. The fourth-order valence-electron chi connectivity index (χ4n) is 2.20. The number of nitrogens with zero attached hydrogens (tertiary/aromatic N) is 3. The molecule has 1 aromatic rings. The van der Waals surface area contributed by atoms with Crippen molar-refractivity contribution in [3.05, 3.63) is 11.8 Å². The maximum absolute atomic E-state index is 12.7. The highest BCUT2D eigenvalue weighted by atomic mass is 19.4. The normalized spacial score (nSPS) is 22.4. The van der Waals surface area contributed by atoms with Gasteiger partial charge in [0.1, 0.15) is 0 Å². The minimum Gasteiger partial charge on any atom is -0.424 e. The largest absolute Gasteiger partial charge is 0.424 e. The van der Waals surface area contributed by atoms with Gasteiger partial charge in [-0.25, -0.2) is 0 Å². The number of alkyl halides is 3. The highest BCUT2D eigenvalue weighted by Gasteiger charge is 2.54. The number of halogens is 3. The molecular formula is C11H16F3N3O2. The molecule has 0 amide bonds. The maximum atomic E-state index is 12.7. The van der Waals surface area contributed by atoms with E-state index in [4.69, 9.17) is 4.42 Å². The van der Waals surface area contributed by atoms with Gasteiger partial charge in [-0.1, -0.05) is 0 Å². The Morgan fingerprint density at radius 3 is 2.32 bits per heavy atom. The fraction of sp³-hybridized carbons (Fsp3) is 0.818. The molecule has 1 fully saturated rings. The van der Waals surface area contributed by atoms with Gasteiger partial charge in [0.25, 0.3) is 0 Å². The lowest BCUT2D eigenvalue weighted by atomic mass is 9.90. The highest BCUT2D eigenvalue weighted by molar-refractivity contribution is 4.96. The molecule has 8 heteroatoms. The Balaban J connectivity index is 2.00. The molecule has 1 aliphatic heterocycles. The summed E-state index contributed by atoms with van der Waals surface area (Å²) in [5, 5.41) is 17.1. The molecule has 0 radical (unpaired) electrons. The van der Waals surface area contributed by atoms with Gasteiger partial charge >= 0.3 is 6.18 Å². The van der Waals surface area contributed by atoms with Gasteiger partial charge in [0.05, 0.1) is 6.04 Å². The molecule has 1 aliphatic rings. The quantitative estimate of drug-likeness (QED) is 0.894. The summed E-state index contributed by atoms with van der Waals surface area (Å²) in [5.74, 6) is 0.806. The number of piperidine rings is 1. The number of aliphatic hydroxyl groups is 1. The van der Waals surface area contributed by atoms with Crippen LogP contribution in [-0.2, 0) is 0 Å². The molecule has 5 nitrogen and oxygen atoms in total. The molecular weight excluding hydrogens is 263 g/mol. The summed E-state index contributed by atoms with van der Waals surface area (Å²) in [4.78, 5) is 1.80. The third-order valence-corrected chi connectivity index (χ3v) is 3.60. The number of hydrogen-bond donors (Lipinski definition) is 1. The van der Waals surface area contributed by atoms with Crippen LogP contribution in [0.3, 0.4) is 0 Å². The first-order valence-electron chi connectivity index (χ1n) is 6.06. The van der Waals surface area contributed by atoms with Crippen molar-refractivity contribution in [1.82, 2.24) is 15.1 Å². The van der Waals surface area contributed by atoms with Crippen LogP contribution in [0.4, 0.5) is 13.2 Å². The van der Waals surface area contributed by atoms with Crippen molar-refractivity contribution in [2.75, 3.05) is 13.1 Å². The number of aryl methyl sites for hydroxylation is 1. The van der Waals surface area contributed by atoms with Crippen molar-refractivity contribution in [2.45, 2.75) is 44.5 Å². The monoisotopic (exact) mass is 279 g/mol. The molecule has 1 saturated heterocycles. The summed E-state index contributed by atoms with van der Waals surface area (Å²) in [5.41, 5.74) is -2.58. The van der Waals surface area contributed by atoms with E-state index in [9.17, 15) is 18.3 Å². The van der Waals surface area contributed by atoms with Crippen LogP contribution in [0.2, 0.25) is 0 Å². The van der Waals surface area contributed by atoms with E-state index in [-0.39, 0.29) is 32.0 Å². The molecule has 2 heterocycles. The molecule has 1 atom stereocenters. The Morgan fingerprint density at radius 1 is 1.32 bits per heavy atom. The van der Waals surface area contributed by atoms with Crippen LogP contribution < -0.4 is 0 Å². The second kappa shape index (κ2) is 4.75. The number of hydrogen-bond acceptors (Lipinski definition) is 5. The SMILES string of the molecule is Cc1nnc(C(C)N2CCC(O)(C(F)(F)F)CC2)o1. The van der Waals surface area contributed by atoms with Gasteiger partial charge in [-0.3, -0.25) is 4.90 Å². The lowest BCUT2D eigenvalue weighted by Gasteiger charge is -2.40. The minimum absolute atomic E-state index is 0.138. The van der Waals surface area contributed by atoms with E-state index in [1.807, 2.05) is 0 Å². The first kappa shape index (κ1) is 14.3. The fourth-order valence-corrected chi connectivity index (χ4v) is 2.20. The topological polar surface area (TPSA) is 62.4 Å². The van der Waals surface area contributed by atoms with E-state index in [0.29, 0.717) is 11.8 Å². The van der Waals surface area contributed by atoms with Crippen LogP contribution >= 0.6 is 0 Å². The molecule has 0 spiro atoms. The van der Waals surface area contributed by atoms with Gasteiger partial charge < -0.3 is 9.52 Å². The summed E-state index contributed by atoms with van der Waals surface area (Å²) in [7, 11) is 0. The van der Waals surface area contributed by atoms with Gasteiger partial charge in [-0.2, -0.15) is 13.2 Å². The molecule has 19 heavy (non-hydrogen) atoms. The average molecular weight is 279 g/mol. The molecule has 0 aliphatic carbocycles. The third-order valence-electron chi connectivity index (χ3n) is 3.60. The second-order valence-corrected chi connectivity index (χ2v) is 4.90. The molecule has 0 aromatic carbocycles. The van der Waals surface area contributed by atoms with E-state index in [1.54, 1.807) is 18.7 Å². The number of likely N-dealkylation sites (tertiary alicyclic amines) is 1. The highest BCUT2D eigenvalue weighted by Crippen LogP contribution is 2.39. The standard InChI is InChI=1S/C11H16F3N3O2/c1-7(9-16-15-8(2)19-9)17-5-3-10(18,4-6-17)11(12,13)14/h7,18H,3-6H2,1-2H3. The second-order valence-electron chi connectivity index (χ2n) is 4.90. The predicted molar refractivity (Wildman–Crippen MR) is 59.3 cm³/mol. The van der Waals surface area contributed by atoms with E-state index in [1.165, 1.54) is 0 Å². The van der Waals surface area contributed by atoms with Crippen molar-refractivity contribution < 1.29 is 22.7 Å². The van der Waals surface area contributed by atoms with Crippen molar-refractivity contribution in [3.8, 4) is 0 Å². The maximum Gasteiger partial charge on any atom is 0.417 e. The lowest BCUT2D eigenvalue weighted by Crippen LogP contribution is -2.53. The summed E-state index contributed by atoms with van der Waals surface area (Å²) in [6.45, 7) is 3.73. The average Bonchev–Trinajstić information content (AvgIpc) is 2.74. The third kappa shape index (κ3) is 2.74. The van der Waals surface area contributed by atoms with Crippen molar-refractivity contribution >= 4 is 0 Å². The molecule has 2 rings (SSSR count). The van der Waals surface area contributed by atoms with Crippen LogP contribution in [0.5, 0.6) is 0 Å². The van der Waals surface area contributed by atoms with Crippen LogP contribution in [0.15, 0.2) is 4.42 Å². The van der Waals surface area contributed by atoms with E-state index in [0.717, 1.165) is 0 Å². The zero-order valence-electron chi connectivity index (χ0n) is 10.7. The van der Waals surface area contributed by atoms with Gasteiger partial charge in [-0.15, -0.1) is 10.2 Å². The number of rotatable bonds is 2. The van der Waals surface area contributed by atoms with Crippen LogP contribution in [0, 0.1) is 6.92 Å². The smallest absolute Gasteiger partial charge is 0.417 e. The van der Waals surface area contributed by atoms with Crippen LogP contribution in [0.1, 0.15) is 37.6 Å².